The fraction of sp³-hybridized carbons (Fsp3) is 0. The highest BCUT2D eigenvalue weighted by Gasteiger charge is 2.15. The summed E-state index contributed by atoms with van der Waals surface area (Å²) in [5.74, 6) is 0.746. The number of fused-ring (bicyclic) bond motifs is 1. The minimum Gasteiger partial charge on any atom is -0.182 e. The molecule has 0 atom stereocenters. The van der Waals surface area contributed by atoms with Crippen LogP contribution in [-0.4, -0.2) is 19.8 Å². The van der Waals surface area contributed by atoms with Crippen LogP contribution in [-0.2, 0) is 0 Å². The van der Waals surface area contributed by atoms with Crippen LogP contribution in [0.25, 0.3) is 26.9 Å². The number of rotatable bonds is 2. The second kappa shape index (κ2) is 5.05. The van der Waals surface area contributed by atoms with E-state index in [9.17, 15) is 0 Å². The van der Waals surface area contributed by atoms with Gasteiger partial charge in [0.05, 0.1) is 0 Å². The van der Waals surface area contributed by atoms with Crippen molar-refractivity contribution in [1.29, 1.82) is 0 Å². The van der Waals surface area contributed by atoms with E-state index >= 15 is 0 Å². The van der Waals surface area contributed by atoms with Gasteiger partial charge in [-0.15, -0.1) is 10.2 Å². The van der Waals surface area contributed by atoms with E-state index in [1.54, 1.807) is 4.52 Å². The molecule has 0 aliphatic heterocycles. The first-order valence-electron chi connectivity index (χ1n) is 6.35. The lowest BCUT2D eigenvalue weighted by Crippen LogP contribution is -1.91. The molecule has 0 fully saturated rings. The Morgan fingerprint density at radius 2 is 1.67 bits per heavy atom. The zero-order valence-corrected chi connectivity index (χ0v) is 13.2. The first-order chi connectivity index (χ1) is 10.3. The van der Waals surface area contributed by atoms with Gasteiger partial charge in [-0.25, -0.2) is 0 Å². The summed E-state index contributed by atoms with van der Waals surface area (Å²) < 4.78 is 2.78. The van der Waals surface area contributed by atoms with Crippen molar-refractivity contribution < 1.29 is 0 Å². The number of nitrogens with zero attached hydrogens (tertiary/aromatic N) is 4. The standard InChI is InChI=1S/C15H9BrN4S/c16-12-9-5-4-8-11(12)13-17-18-15-20(13)19-14(21-15)10-6-2-1-3-7-10/h1-9H. The van der Waals surface area contributed by atoms with Gasteiger partial charge in [0, 0.05) is 15.6 Å². The van der Waals surface area contributed by atoms with Crippen LogP contribution in [0.1, 0.15) is 0 Å². The fourth-order valence-electron chi connectivity index (χ4n) is 2.12. The maximum atomic E-state index is 4.65. The van der Waals surface area contributed by atoms with Gasteiger partial charge in [0.15, 0.2) is 5.82 Å². The van der Waals surface area contributed by atoms with Crippen LogP contribution in [0.3, 0.4) is 0 Å². The van der Waals surface area contributed by atoms with Crippen LogP contribution in [0.2, 0.25) is 0 Å². The number of aromatic nitrogens is 4. The Morgan fingerprint density at radius 1 is 0.905 bits per heavy atom. The zero-order chi connectivity index (χ0) is 14.2. The van der Waals surface area contributed by atoms with Gasteiger partial charge in [-0.05, 0) is 12.1 Å². The van der Waals surface area contributed by atoms with Crippen LogP contribution < -0.4 is 0 Å². The molecule has 2 aromatic heterocycles. The second-order valence-electron chi connectivity index (χ2n) is 4.47. The molecule has 0 aliphatic rings. The van der Waals surface area contributed by atoms with E-state index in [1.807, 2.05) is 54.6 Å². The zero-order valence-electron chi connectivity index (χ0n) is 10.8. The fourth-order valence-corrected chi connectivity index (χ4v) is 3.43. The Hall–Kier alpha value is -2.05. The molecule has 0 amide bonds. The maximum absolute atomic E-state index is 4.65. The smallest absolute Gasteiger partial charge is 0.182 e. The lowest BCUT2D eigenvalue weighted by molar-refractivity contribution is 0.970. The summed E-state index contributed by atoms with van der Waals surface area (Å²) in [5.41, 5.74) is 2.07. The summed E-state index contributed by atoms with van der Waals surface area (Å²) in [6, 6.07) is 18.0. The Bertz CT molecular complexity index is 914. The summed E-state index contributed by atoms with van der Waals surface area (Å²) in [5, 5.41) is 14.1. The van der Waals surface area contributed by atoms with Crippen LogP contribution in [0, 0.1) is 0 Å². The highest BCUT2D eigenvalue weighted by Crippen LogP contribution is 2.30. The summed E-state index contributed by atoms with van der Waals surface area (Å²) in [4.78, 5) is 0.791. The number of hydrogen-bond donors (Lipinski definition) is 0. The van der Waals surface area contributed by atoms with E-state index in [1.165, 1.54) is 11.3 Å². The van der Waals surface area contributed by atoms with Crippen molar-refractivity contribution in [1.82, 2.24) is 19.8 Å². The third-order valence-corrected chi connectivity index (χ3v) is 4.77. The van der Waals surface area contributed by atoms with Gasteiger partial charge >= 0.3 is 0 Å². The highest BCUT2D eigenvalue weighted by molar-refractivity contribution is 9.10. The van der Waals surface area contributed by atoms with Crippen LogP contribution >= 0.6 is 27.3 Å². The molecule has 4 aromatic rings. The molecule has 0 unspecified atom stereocenters. The molecule has 0 radical (unpaired) electrons. The van der Waals surface area contributed by atoms with Crippen molar-refractivity contribution in [2.24, 2.45) is 0 Å². The molecular weight excluding hydrogens is 348 g/mol. The minimum atomic E-state index is 0.746. The Balaban J connectivity index is 1.90. The molecule has 0 bridgehead atoms. The molecule has 0 N–H and O–H groups in total. The number of hydrogen-bond acceptors (Lipinski definition) is 4. The van der Waals surface area contributed by atoms with Crippen molar-refractivity contribution in [3.8, 4) is 22.0 Å². The van der Waals surface area contributed by atoms with E-state index in [2.05, 4.69) is 31.2 Å². The summed E-state index contributed by atoms with van der Waals surface area (Å²) >= 11 is 5.08. The average molecular weight is 357 g/mol. The minimum absolute atomic E-state index is 0.746. The first kappa shape index (κ1) is 12.7. The van der Waals surface area contributed by atoms with E-state index in [4.69, 9.17) is 0 Å². The van der Waals surface area contributed by atoms with Gasteiger partial charge in [0.2, 0.25) is 4.96 Å². The van der Waals surface area contributed by atoms with Gasteiger partial charge in [0.1, 0.15) is 5.01 Å². The van der Waals surface area contributed by atoms with Crippen molar-refractivity contribution >= 4 is 32.2 Å². The summed E-state index contributed by atoms with van der Waals surface area (Å²) in [7, 11) is 0. The lowest BCUT2D eigenvalue weighted by atomic mass is 10.2. The molecule has 21 heavy (non-hydrogen) atoms. The molecule has 2 heterocycles. The van der Waals surface area contributed by atoms with E-state index < -0.39 is 0 Å². The summed E-state index contributed by atoms with van der Waals surface area (Å²) in [6.45, 7) is 0. The monoisotopic (exact) mass is 356 g/mol. The van der Waals surface area contributed by atoms with Crippen molar-refractivity contribution in [3.05, 3.63) is 59.1 Å². The Kier molecular flexibility index (Phi) is 3.05. The normalized spacial score (nSPS) is 11.1. The highest BCUT2D eigenvalue weighted by atomic mass is 79.9. The molecule has 6 heteroatoms. The molecule has 4 rings (SSSR count). The van der Waals surface area contributed by atoms with Crippen LogP contribution in [0.5, 0.6) is 0 Å². The average Bonchev–Trinajstić information content (AvgIpc) is 3.09. The third-order valence-electron chi connectivity index (χ3n) is 3.13. The SMILES string of the molecule is Brc1ccccc1-c1nnc2sc(-c3ccccc3)nn12. The van der Waals surface area contributed by atoms with Crippen LogP contribution in [0.4, 0.5) is 0 Å². The largest absolute Gasteiger partial charge is 0.235 e. The topological polar surface area (TPSA) is 43.1 Å². The lowest BCUT2D eigenvalue weighted by Gasteiger charge is -1.99. The van der Waals surface area contributed by atoms with Gasteiger partial charge in [-0.3, -0.25) is 0 Å². The first-order valence-corrected chi connectivity index (χ1v) is 7.96. The van der Waals surface area contributed by atoms with Crippen molar-refractivity contribution in [2.75, 3.05) is 0 Å². The van der Waals surface area contributed by atoms with E-state index in [0.717, 1.165) is 31.4 Å². The van der Waals surface area contributed by atoms with Gasteiger partial charge in [-0.1, -0.05) is 69.7 Å². The van der Waals surface area contributed by atoms with Gasteiger partial charge in [0.25, 0.3) is 0 Å². The van der Waals surface area contributed by atoms with Crippen LogP contribution in [0.15, 0.2) is 59.1 Å². The molecule has 0 saturated heterocycles. The summed E-state index contributed by atoms with van der Waals surface area (Å²) in [6.07, 6.45) is 0. The molecule has 0 spiro atoms. The Morgan fingerprint density at radius 3 is 2.48 bits per heavy atom. The van der Waals surface area contributed by atoms with Crippen molar-refractivity contribution in [3.63, 3.8) is 0 Å². The van der Waals surface area contributed by atoms with Crippen molar-refractivity contribution in [2.45, 2.75) is 0 Å². The maximum Gasteiger partial charge on any atom is 0.235 e. The Labute approximate surface area is 133 Å². The van der Waals surface area contributed by atoms with E-state index in [0.29, 0.717) is 0 Å². The second-order valence-corrected chi connectivity index (χ2v) is 6.28. The molecule has 4 nitrogen and oxygen atoms in total. The third kappa shape index (κ3) is 2.16. The molecule has 102 valence electrons. The quantitative estimate of drug-likeness (QED) is 0.538. The number of halogens is 1. The van der Waals surface area contributed by atoms with Gasteiger partial charge < -0.3 is 0 Å². The molecule has 0 saturated carbocycles. The molecule has 2 aromatic carbocycles. The predicted octanol–water partition coefficient (Wildman–Crippen LogP) is 4.28. The molecular formula is C15H9BrN4S. The number of benzene rings is 2. The predicted molar refractivity (Wildman–Crippen MR) is 87.2 cm³/mol. The van der Waals surface area contributed by atoms with Gasteiger partial charge in [-0.2, -0.15) is 9.61 Å². The molecule has 0 aliphatic carbocycles. The van der Waals surface area contributed by atoms with E-state index in [-0.39, 0.29) is 0 Å².